The Kier molecular flexibility index (Phi) is 9.86. The lowest BCUT2D eigenvalue weighted by Gasteiger charge is -2.14. The van der Waals surface area contributed by atoms with Gasteiger partial charge in [0.1, 0.15) is 17.9 Å². The Morgan fingerprint density at radius 3 is 2.54 bits per heavy atom. The maximum Gasteiger partial charge on any atom is 0.310 e. The third-order valence-electron chi connectivity index (χ3n) is 5.51. The number of esters is 1. The minimum atomic E-state index is -0.341. The fourth-order valence-corrected chi connectivity index (χ4v) is 3.95. The summed E-state index contributed by atoms with van der Waals surface area (Å²) in [5.41, 5.74) is 11.8. The number of fused-ring (bicyclic) bond motifs is 1. The third-order valence-corrected chi connectivity index (χ3v) is 5.51. The Balaban J connectivity index is 0.00000186. The number of benzene rings is 3. The van der Waals surface area contributed by atoms with Crippen LogP contribution in [0.1, 0.15) is 44.4 Å². The predicted octanol–water partition coefficient (Wildman–Crippen LogP) is 6.23. The maximum atomic E-state index is 12.1. The molecular formula is C30H34N2O5. The van der Waals surface area contributed by atoms with Gasteiger partial charge >= 0.3 is 5.97 Å². The molecule has 0 aliphatic rings. The molecule has 0 unspecified atom stereocenters. The molecule has 4 aromatic rings. The molecule has 0 aliphatic heterocycles. The highest BCUT2D eigenvalue weighted by molar-refractivity contribution is 5.93. The lowest BCUT2D eigenvalue weighted by atomic mass is 9.99. The quantitative estimate of drug-likeness (QED) is 0.263. The highest BCUT2D eigenvalue weighted by Crippen LogP contribution is 2.33. The van der Waals surface area contributed by atoms with Crippen molar-refractivity contribution in [2.45, 2.75) is 47.3 Å². The summed E-state index contributed by atoms with van der Waals surface area (Å²) in [5, 5.41) is 3.71. The Bertz CT molecular complexity index is 1360. The minimum absolute atomic E-state index is 0.0709. The molecule has 0 saturated carbocycles. The number of carbonyl (C=O) groups excluding carboxylic acids is 2. The summed E-state index contributed by atoms with van der Waals surface area (Å²) in [6, 6.07) is 19.2. The van der Waals surface area contributed by atoms with Gasteiger partial charge in [0.05, 0.1) is 19.3 Å². The van der Waals surface area contributed by atoms with E-state index in [9.17, 15) is 9.59 Å². The fourth-order valence-electron chi connectivity index (χ4n) is 3.95. The topological polar surface area (TPSA) is 104 Å². The summed E-state index contributed by atoms with van der Waals surface area (Å²) >= 11 is 0. The zero-order chi connectivity index (χ0) is 26.8. The summed E-state index contributed by atoms with van der Waals surface area (Å²) < 4.78 is 17.0. The van der Waals surface area contributed by atoms with Gasteiger partial charge in [0, 0.05) is 41.7 Å². The molecule has 37 heavy (non-hydrogen) atoms. The molecule has 1 amide bonds. The second-order valence-corrected chi connectivity index (χ2v) is 8.16. The van der Waals surface area contributed by atoms with Crippen molar-refractivity contribution in [1.82, 2.24) is 0 Å². The number of rotatable bonds is 9. The molecule has 7 heteroatoms. The van der Waals surface area contributed by atoms with Gasteiger partial charge in [-0.3, -0.25) is 9.59 Å². The van der Waals surface area contributed by atoms with E-state index >= 15 is 0 Å². The number of nitrogens with one attached hydrogen (secondary N) is 1. The van der Waals surface area contributed by atoms with Crippen molar-refractivity contribution < 1.29 is 23.5 Å². The number of carbonyl (C=O) groups is 2. The van der Waals surface area contributed by atoms with Crippen LogP contribution >= 0.6 is 0 Å². The van der Waals surface area contributed by atoms with E-state index in [1.807, 2.05) is 50.2 Å². The standard InChI is InChI=1S/C28H28N2O5.C2H6/c1-3-33-27(32)14-22-7-8-24(30-18(2)31)15-26(22)35-17-20-12-23-9-10-34-28(23)25(13-20)21-6-4-5-19(11-21)16-29;1-2/h4-13,15H,3,14,16-17,29H2,1-2H3,(H,30,31);1-2H3. The number of nitrogens with two attached hydrogens (primary N) is 1. The fraction of sp³-hybridized carbons (Fsp3) is 0.267. The van der Waals surface area contributed by atoms with E-state index in [0.29, 0.717) is 30.2 Å². The Hall–Kier alpha value is -4.10. The molecular weight excluding hydrogens is 468 g/mol. The number of hydrogen-bond donors (Lipinski definition) is 2. The largest absolute Gasteiger partial charge is 0.489 e. The molecule has 194 valence electrons. The molecule has 7 nitrogen and oxygen atoms in total. The third kappa shape index (κ3) is 7.21. The number of anilines is 1. The summed E-state index contributed by atoms with van der Waals surface area (Å²) in [6.45, 7) is 8.21. The van der Waals surface area contributed by atoms with Crippen molar-refractivity contribution in [3.05, 3.63) is 83.6 Å². The Labute approximate surface area is 217 Å². The molecule has 0 fully saturated rings. The van der Waals surface area contributed by atoms with Crippen LogP contribution in [0.2, 0.25) is 0 Å². The number of furan rings is 1. The Morgan fingerprint density at radius 2 is 1.81 bits per heavy atom. The van der Waals surface area contributed by atoms with Gasteiger partial charge in [0.25, 0.3) is 0 Å². The highest BCUT2D eigenvalue weighted by atomic mass is 16.5. The zero-order valence-electron chi connectivity index (χ0n) is 21.8. The predicted molar refractivity (Wildman–Crippen MR) is 146 cm³/mol. The van der Waals surface area contributed by atoms with E-state index in [0.717, 1.165) is 33.2 Å². The van der Waals surface area contributed by atoms with E-state index in [4.69, 9.17) is 19.6 Å². The minimum Gasteiger partial charge on any atom is -0.489 e. The molecule has 3 N–H and O–H groups in total. The number of hydrogen-bond acceptors (Lipinski definition) is 6. The van der Waals surface area contributed by atoms with E-state index in [-0.39, 0.29) is 24.9 Å². The number of amides is 1. The van der Waals surface area contributed by atoms with Crippen LogP contribution in [-0.4, -0.2) is 18.5 Å². The summed E-state index contributed by atoms with van der Waals surface area (Å²) in [5.74, 6) is -0.0290. The molecule has 4 rings (SSSR count). The molecule has 3 aromatic carbocycles. The first-order valence-electron chi connectivity index (χ1n) is 12.4. The molecule has 0 atom stereocenters. The van der Waals surface area contributed by atoms with Crippen LogP contribution in [0.15, 0.2) is 71.3 Å². The second-order valence-electron chi connectivity index (χ2n) is 8.16. The molecule has 0 saturated heterocycles. The normalized spacial score (nSPS) is 10.4. The van der Waals surface area contributed by atoms with Crippen molar-refractivity contribution in [3.63, 3.8) is 0 Å². The van der Waals surface area contributed by atoms with Crippen molar-refractivity contribution in [3.8, 4) is 16.9 Å². The van der Waals surface area contributed by atoms with Crippen molar-refractivity contribution in [2.75, 3.05) is 11.9 Å². The maximum absolute atomic E-state index is 12.1. The van der Waals surface area contributed by atoms with E-state index in [1.54, 1.807) is 31.4 Å². The van der Waals surface area contributed by atoms with Crippen molar-refractivity contribution >= 4 is 28.5 Å². The van der Waals surface area contributed by atoms with Gasteiger partial charge in [0.2, 0.25) is 5.91 Å². The van der Waals surface area contributed by atoms with Crippen LogP contribution in [0.5, 0.6) is 5.75 Å². The lowest BCUT2D eigenvalue weighted by molar-refractivity contribution is -0.142. The van der Waals surface area contributed by atoms with Crippen LogP contribution in [-0.2, 0) is 33.9 Å². The highest BCUT2D eigenvalue weighted by Gasteiger charge is 2.14. The molecule has 0 spiro atoms. The molecule has 0 radical (unpaired) electrons. The van der Waals surface area contributed by atoms with E-state index < -0.39 is 0 Å². The molecule has 1 aromatic heterocycles. The lowest BCUT2D eigenvalue weighted by Crippen LogP contribution is -2.10. The van der Waals surface area contributed by atoms with Gasteiger partial charge in [-0.15, -0.1) is 0 Å². The van der Waals surface area contributed by atoms with E-state index in [1.165, 1.54) is 6.92 Å². The van der Waals surface area contributed by atoms with Gasteiger partial charge in [-0.2, -0.15) is 0 Å². The average molecular weight is 503 g/mol. The van der Waals surface area contributed by atoms with Gasteiger partial charge < -0.3 is 24.9 Å². The monoisotopic (exact) mass is 502 g/mol. The summed E-state index contributed by atoms with van der Waals surface area (Å²) in [6.07, 6.45) is 1.74. The first-order chi connectivity index (χ1) is 18.0. The first kappa shape index (κ1) is 27.5. The van der Waals surface area contributed by atoms with Crippen LogP contribution in [0.3, 0.4) is 0 Å². The van der Waals surface area contributed by atoms with Gasteiger partial charge in [0.15, 0.2) is 0 Å². The average Bonchev–Trinajstić information content (AvgIpc) is 3.38. The van der Waals surface area contributed by atoms with Crippen molar-refractivity contribution in [1.29, 1.82) is 0 Å². The van der Waals surface area contributed by atoms with Gasteiger partial charge in [-0.25, -0.2) is 0 Å². The van der Waals surface area contributed by atoms with Crippen LogP contribution < -0.4 is 15.8 Å². The van der Waals surface area contributed by atoms with Crippen LogP contribution in [0.4, 0.5) is 5.69 Å². The molecule has 0 aliphatic carbocycles. The number of ether oxygens (including phenoxy) is 2. The first-order valence-corrected chi connectivity index (χ1v) is 12.4. The summed E-state index contributed by atoms with van der Waals surface area (Å²) in [4.78, 5) is 23.6. The van der Waals surface area contributed by atoms with Crippen LogP contribution in [0, 0.1) is 0 Å². The van der Waals surface area contributed by atoms with E-state index in [2.05, 4.69) is 11.4 Å². The van der Waals surface area contributed by atoms with Crippen LogP contribution in [0.25, 0.3) is 22.1 Å². The van der Waals surface area contributed by atoms with Gasteiger partial charge in [-0.05, 0) is 53.9 Å². The Morgan fingerprint density at radius 1 is 1.00 bits per heavy atom. The smallest absolute Gasteiger partial charge is 0.310 e. The zero-order valence-corrected chi connectivity index (χ0v) is 21.8. The van der Waals surface area contributed by atoms with Crippen molar-refractivity contribution in [2.24, 2.45) is 5.73 Å². The summed E-state index contributed by atoms with van der Waals surface area (Å²) in [7, 11) is 0. The molecule has 1 heterocycles. The van der Waals surface area contributed by atoms with Gasteiger partial charge in [-0.1, -0.05) is 38.1 Å². The SMILES string of the molecule is CC.CCOC(=O)Cc1ccc(NC(C)=O)cc1OCc1cc(-c2cccc(CN)c2)c2occc2c1. The second kappa shape index (κ2) is 13.3. The molecule has 0 bridgehead atoms.